The van der Waals surface area contributed by atoms with Crippen molar-refractivity contribution in [3.8, 4) is 16.8 Å². The molecule has 2 aliphatic rings. The summed E-state index contributed by atoms with van der Waals surface area (Å²) in [7, 11) is -3.63. The van der Waals surface area contributed by atoms with Crippen LogP contribution in [-0.4, -0.2) is 45.4 Å². The van der Waals surface area contributed by atoms with Crippen LogP contribution in [0.1, 0.15) is 11.3 Å². The molecule has 0 unspecified atom stereocenters. The highest BCUT2D eigenvalue weighted by Crippen LogP contribution is 2.32. The van der Waals surface area contributed by atoms with Gasteiger partial charge in [-0.15, -0.1) is 5.10 Å². The smallest absolute Gasteiger partial charge is 0.275 e. The maximum Gasteiger partial charge on any atom is 0.275 e. The SMILES string of the molecule is Cc1ccc(NS(C)(=O)=O)c(=O)n1CC(=O)NCc1cc(Cl)ccc1-n1cnnn1.c1cc2cc-2c1. The van der Waals surface area contributed by atoms with Crippen LogP contribution in [0.4, 0.5) is 5.69 Å². The zero-order chi connectivity index (χ0) is 25.9. The number of nitrogens with zero attached hydrogens (tertiary/aromatic N) is 5. The number of anilines is 1. The molecule has 0 radical (unpaired) electrons. The summed E-state index contributed by atoms with van der Waals surface area (Å²) in [5.41, 5.74) is 3.91. The highest BCUT2D eigenvalue weighted by atomic mass is 35.5. The van der Waals surface area contributed by atoms with Crippen molar-refractivity contribution in [1.29, 1.82) is 0 Å². The third-order valence-electron chi connectivity index (χ3n) is 5.22. The number of aryl methyl sites for hydroxylation is 1. The van der Waals surface area contributed by atoms with E-state index < -0.39 is 21.5 Å². The van der Waals surface area contributed by atoms with Crippen LogP contribution >= 0.6 is 11.6 Å². The number of fused-ring (bicyclic) bond motifs is 1. The first-order chi connectivity index (χ1) is 17.1. The molecule has 2 heterocycles. The molecule has 0 aliphatic heterocycles. The maximum absolute atomic E-state index is 12.5. The first-order valence-corrected chi connectivity index (χ1v) is 12.9. The lowest BCUT2D eigenvalue weighted by Gasteiger charge is -2.14. The van der Waals surface area contributed by atoms with Crippen molar-refractivity contribution in [3.63, 3.8) is 0 Å². The van der Waals surface area contributed by atoms with E-state index in [-0.39, 0.29) is 18.8 Å². The monoisotopic (exact) mass is 527 g/mol. The van der Waals surface area contributed by atoms with Gasteiger partial charge in [0.1, 0.15) is 18.6 Å². The van der Waals surface area contributed by atoms with Crippen LogP contribution in [0.3, 0.4) is 0 Å². The predicted molar refractivity (Wildman–Crippen MR) is 135 cm³/mol. The van der Waals surface area contributed by atoms with Crippen molar-refractivity contribution in [2.45, 2.75) is 20.0 Å². The Morgan fingerprint density at radius 3 is 2.42 bits per heavy atom. The average molecular weight is 528 g/mol. The summed E-state index contributed by atoms with van der Waals surface area (Å²) >= 11 is 6.06. The number of amides is 1. The second kappa shape index (κ2) is 10.3. The largest absolute Gasteiger partial charge is 0.350 e. The molecule has 1 aromatic carbocycles. The molecule has 2 N–H and O–H groups in total. The number of carbonyl (C=O) groups is 1. The third kappa shape index (κ3) is 6.34. The van der Waals surface area contributed by atoms with Gasteiger partial charge in [0.15, 0.2) is 0 Å². The van der Waals surface area contributed by atoms with Crippen LogP contribution in [0.2, 0.25) is 5.02 Å². The van der Waals surface area contributed by atoms with E-state index >= 15 is 0 Å². The minimum Gasteiger partial charge on any atom is -0.350 e. The molecule has 0 bridgehead atoms. The van der Waals surface area contributed by atoms with Gasteiger partial charge in [-0.3, -0.25) is 14.3 Å². The Morgan fingerprint density at radius 1 is 1.08 bits per heavy atom. The van der Waals surface area contributed by atoms with Crippen molar-refractivity contribution >= 4 is 33.2 Å². The van der Waals surface area contributed by atoms with Gasteiger partial charge in [-0.2, -0.15) is 0 Å². The summed E-state index contributed by atoms with van der Waals surface area (Å²) in [5, 5.41) is 14.2. The zero-order valence-electron chi connectivity index (χ0n) is 19.3. The molecule has 2 aromatic heterocycles. The molecule has 0 spiro atoms. The van der Waals surface area contributed by atoms with Crippen molar-refractivity contribution in [3.05, 3.63) is 87.6 Å². The molecule has 1 amide bonds. The van der Waals surface area contributed by atoms with E-state index in [9.17, 15) is 18.0 Å². The molecule has 13 heteroatoms. The molecule has 0 saturated carbocycles. The van der Waals surface area contributed by atoms with Gasteiger partial charge >= 0.3 is 0 Å². The minimum atomic E-state index is -3.63. The Bertz CT molecular complexity index is 1570. The zero-order valence-corrected chi connectivity index (χ0v) is 20.9. The van der Waals surface area contributed by atoms with Gasteiger partial charge in [-0.1, -0.05) is 29.8 Å². The fraction of sp³-hybridized carbons (Fsp3) is 0.174. The van der Waals surface area contributed by atoms with Crippen LogP contribution in [0.25, 0.3) is 16.8 Å². The van der Waals surface area contributed by atoms with Crippen LogP contribution in [0.5, 0.6) is 0 Å². The molecular weight excluding hydrogens is 506 g/mol. The number of benzene rings is 2. The number of hydrogen-bond acceptors (Lipinski definition) is 7. The first kappa shape index (κ1) is 25.1. The van der Waals surface area contributed by atoms with E-state index in [1.165, 1.54) is 32.8 Å². The molecule has 5 rings (SSSR count). The number of tetrazole rings is 1. The predicted octanol–water partition coefficient (Wildman–Crippen LogP) is 2.14. The van der Waals surface area contributed by atoms with Gasteiger partial charge in [0.25, 0.3) is 5.56 Å². The number of nitrogens with one attached hydrogen (secondary N) is 2. The second-order valence-electron chi connectivity index (χ2n) is 8.04. The number of hydrogen-bond donors (Lipinski definition) is 2. The van der Waals surface area contributed by atoms with Crippen molar-refractivity contribution < 1.29 is 13.2 Å². The number of aromatic nitrogens is 5. The molecule has 36 heavy (non-hydrogen) atoms. The topological polar surface area (TPSA) is 141 Å². The molecule has 0 atom stereocenters. The Hall–Kier alpha value is -4.03. The third-order valence-corrected chi connectivity index (χ3v) is 6.04. The van der Waals surface area contributed by atoms with E-state index in [1.54, 1.807) is 31.2 Å². The van der Waals surface area contributed by atoms with E-state index in [1.807, 2.05) is 0 Å². The number of halogens is 1. The Balaban J connectivity index is 0.000000434. The summed E-state index contributed by atoms with van der Waals surface area (Å²) in [4.78, 5) is 25.0. The van der Waals surface area contributed by atoms with E-state index in [0.29, 0.717) is 22.0 Å². The summed E-state index contributed by atoms with van der Waals surface area (Å²) in [5.74, 6) is -0.445. The maximum atomic E-state index is 12.5. The van der Waals surface area contributed by atoms with Crippen molar-refractivity contribution in [2.24, 2.45) is 0 Å². The lowest BCUT2D eigenvalue weighted by atomic mass is 10.1. The molecule has 0 saturated heterocycles. The summed E-state index contributed by atoms with van der Waals surface area (Å²) < 4.78 is 27.6. The van der Waals surface area contributed by atoms with E-state index in [2.05, 4.69) is 49.8 Å². The van der Waals surface area contributed by atoms with Gasteiger partial charge in [-0.05, 0) is 70.4 Å². The van der Waals surface area contributed by atoms with Gasteiger partial charge in [0.2, 0.25) is 15.9 Å². The van der Waals surface area contributed by atoms with E-state index in [4.69, 9.17) is 11.6 Å². The standard InChI is InChI=1S/C17H18ClN7O4S.C6H4/c1-11-3-5-14(21-30(2,28)29)17(27)24(11)9-16(26)19-8-12-7-13(18)4-6-15(12)25-10-20-22-23-25;1-2-5-4-6(5)3-1/h3-7,10,21H,8-9H2,1-2H3,(H,19,26);1-4H. The summed E-state index contributed by atoms with van der Waals surface area (Å²) in [6.45, 7) is 1.47. The average Bonchev–Trinajstić information content (AvgIpc) is 3.18. The van der Waals surface area contributed by atoms with Crippen LogP contribution in [0, 0.1) is 6.92 Å². The number of sulfonamides is 1. The van der Waals surface area contributed by atoms with Gasteiger partial charge < -0.3 is 9.88 Å². The normalized spacial score (nSPS) is 11.3. The van der Waals surface area contributed by atoms with Crippen LogP contribution in [-0.2, 0) is 27.9 Å². The molecule has 3 aromatic rings. The Kier molecular flexibility index (Phi) is 7.17. The van der Waals surface area contributed by atoms with Crippen molar-refractivity contribution in [1.82, 2.24) is 30.1 Å². The lowest BCUT2D eigenvalue weighted by Crippen LogP contribution is -2.34. The first-order valence-electron chi connectivity index (χ1n) is 10.7. The minimum absolute atomic E-state index is 0.115. The lowest BCUT2D eigenvalue weighted by molar-refractivity contribution is -0.121. The fourth-order valence-corrected chi connectivity index (χ4v) is 4.15. The van der Waals surface area contributed by atoms with Crippen molar-refractivity contribution in [2.75, 3.05) is 11.0 Å². The van der Waals surface area contributed by atoms with Crippen LogP contribution in [0.15, 0.2) is 65.7 Å². The quantitative estimate of drug-likeness (QED) is 0.330. The highest BCUT2D eigenvalue weighted by Gasteiger charge is 2.14. The Labute approximate surface area is 211 Å². The molecule has 186 valence electrons. The highest BCUT2D eigenvalue weighted by molar-refractivity contribution is 7.92. The summed E-state index contributed by atoms with van der Waals surface area (Å²) in [6.07, 6.45) is 2.36. The van der Waals surface area contributed by atoms with Gasteiger partial charge in [-0.25, -0.2) is 13.1 Å². The Morgan fingerprint density at radius 2 is 1.83 bits per heavy atom. The number of carbonyl (C=O) groups excluding carboxylic acids is 1. The second-order valence-corrected chi connectivity index (χ2v) is 10.2. The molecule has 0 fully saturated rings. The van der Waals surface area contributed by atoms with Gasteiger partial charge in [0.05, 0.1) is 11.9 Å². The molecular formula is C23H22ClN7O4S. The van der Waals surface area contributed by atoms with Crippen LogP contribution < -0.4 is 15.6 Å². The number of rotatable bonds is 7. The van der Waals surface area contributed by atoms with E-state index in [0.717, 1.165) is 6.26 Å². The van der Waals surface area contributed by atoms with Gasteiger partial charge in [0, 0.05) is 17.3 Å². The molecule has 11 nitrogen and oxygen atoms in total. The summed E-state index contributed by atoms with van der Waals surface area (Å²) in [6, 6.07) is 16.5. The fourth-order valence-electron chi connectivity index (χ4n) is 3.40. The number of pyridine rings is 1. The molecule has 2 aliphatic carbocycles.